The second-order valence-corrected chi connectivity index (χ2v) is 5.03. The summed E-state index contributed by atoms with van der Waals surface area (Å²) in [5.41, 5.74) is 3.09. The highest BCUT2D eigenvalue weighted by atomic mass is 14.9. The van der Waals surface area contributed by atoms with Crippen molar-refractivity contribution in [2.75, 3.05) is 7.05 Å². The Labute approximate surface area is 92.9 Å². The molecule has 0 aliphatic heterocycles. The third kappa shape index (κ3) is 2.07. The maximum absolute atomic E-state index is 3.42. The molecule has 0 aromatic heterocycles. The van der Waals surface area contributed by atoms with E-state index in [0.717, 1.165) is 11.8 Å². The lowest BCUT2D eigenvalue weighted by Gasteiger charge is -2.14. The van der Waals surface area contributed by atoms with Crippen LogP contribution in [-0.4, -0.2) is 7.05 Å². The molecule has 0 saturated carbocycles. The van der Waals surface area contributed by atoms with Gasteiger partial charge in [-0.2, -0.15) is 0 Å². The van der Waals surface area contributed by atoms with Crippen LogP contribution in [0.15, 0.2) is 24.3 Å². The van der Waals surface area contributed by atoms with Gasteiger partial charge in [-0.05, 0) is 42.9 Å². The Bertz CT molecular complexity index is 330. The van der Waals surface area contributed by atoms with Crippen LogP contribution in [0.4, 0.5) is 0 Å². The summed E-state index contributed by atoms with van der Waals surface area (Å²) in [5.74, 6) is 1.55. The molecule has 2 unspecified atom stereocenters. The predicted molar refractivity (Wildman–Crippen MR) is 65.1 cm³/mol. The molecule has 15 heavy (non-hydrogen) atoms. The molecular weight excluding hydrogens is 182 g/mol. The van der Waals surface area contributed by atoms with Gasteiger partial charge < -0.3 is 5.32 Å². The van der Waals surface area contributed by atoms with Crippen molar-refractivity contribution in [3.63, 3.8) is 0 Å². The third-order valence-electron chi connectivity index (χ3n) is 3.44. The number of hydrogen-bond donors (Lipinski definition) is 1. The average molecular weight is 203 g/mol. The summed E-state index contributed by atoms with van der Waals surface area (Å²) in [6, 6.07) is 9.48. The Morgan fingerprint density at radius 3 is 2.53 bits per heavy atom. The number of hydrogen-bond acceptors (Lipinski definition) is 1. The summed E-state index contributed by atoms with van der Waals surface area (Å²) in [6.07, 6.45) is 2.59. The molecular formula is C14H21N. The Morgan fingerprint density at radius 1 is 1.27 bits per heavy atom. The van der Waals surface area contributed by atoms with Crippen molar-refractivity contribution in [2.24, 2.45) is 5.92 Å². The normalized spacial score (nSPS) is 24.5. The Kier molecular flexibility index (Phi) is 3.11. The zero-order valence-corrected chi connectivity index (χ0v) is 9.96. The molecule has 0 radical (unpaired) electrons. The van der Waals surface area contributed by atoms with Crippen LogP contribution in [0.3, 0.4) is 0 Å². The lowest BCUT2D eigenvalue weighted by Crippen LogP contribution is -2.13. The third-order valence-corrected chi connectivity index (χ3v) is 3.44. The van der Waals surface area contributed by atoms with Gasteiger partial charge in [0, 0.05) is 6.04 Å². The number of rotatable bonds is 3. The number of fused-ring (bicyclic) bond motifs is 1. The zero-order valence-electron chi connectivity index (χ0n) is 9.96. The van der Waals surface area contributed by atoms with E-state index in [1.165, 1.54) is 18.4 Å². The molecule has 82 valence electrons. The Balaban J connectivity index is 2.25. The van der Waals surface area contributed by atoms with E-state index in [2.05, 4.69) is 50.5 Å². The van der Waals surface area contributed by atoms with E-state index < -0.39 is 0 Å². The lowest BCUT2D eigenvalue weighted by atomic mass is 9.92. The molecule has 0 saturated heterocycles. The quantitative estimate of drug-likeness (QED) is 0.793. The van der Waals surface area contributed by atoms with Gasteiger partial charge in [0.05, 0.1) is 0 Å². The van der Waals surface area contributed by atoms with Crippen LogP contribution in [0.25, 0.3) is 0 Å². The molecule has 0 bridgehead atoms. The fourth-order valence-corrected chi connectivity index (χ4v) is 2.80. The van der Waals surface area contributed by atoms with Crippen molar-refractivity contribution in [2.45, 2.75) is 38.6 Å². The monoisotopic (exact) mass is 203 g/mol. The summed E-state index contributed by atoms with van der Waals surface area (Å²) in [5, 5.41) is 3.42. The van der Waals surface area contributed by atoms with Gasteiger partial charge in [0.25, 0.3) is 0 Å². The van der Waals surface area contributed by atoms with Crippen LogP contribution in [0.1, 0.15) is 49.8 Å². The van der Waals surface area contributed by atoms with E-state index in [9.17, 15) is 0 Å². The van der Waals surface area contributed by atoms with E-state index in [4.69, 9.17) is 0 Å². The molecule has 1 aliphatic rings. The number of benzene rings is 1. The van der Waals surface area contributed by atoms with Gasteiger partial charge in [0.1, 0.15) is 0 Å². The van der Waals surface area contributed by atoms with Crippen molar-refractivity contribution in [1.29, 1.82) is 0 Å². The molecule has 1 N–H and O–H groups in total. The van der Waals surface area contributed by atoms with Gasteiger partial charge in [-0.25, -0.2) is 0 Å². The van der Waals surface area contributed by atoms with Crippen molar-refractivity contribution < 1.29 is 0 Å². The smallest absolute Gasteiger partial charge is 0.0326 e. The molecule has 2 atom stereocenters. The van der Waals surface area contributed by atoms with Gasteiger partial charge in [0.2, 0.25) is 0 Å². The summed E-state index contributed by atoms with van der Waals surface area (Å²) in [7, 11) is 2.07. The number of nitrogens with one attached hydrogen (secondary N) is 1. The van der Waals surface area contributed by atoms with Gasteiger partial charge >= 0.3 is 0 Å². The Hall–Kier alpha value is -0.820. The first-order valence-corrected chi connectivity index (χ1v) is 5.98. The Morgan fingerprint density at radius 2 is 1.93 bits per heavy atom. The van der Waals surface area contributed by atoms with Crippen molar-refractivity contribution >= 4 is 0 Å². The summed E-state index contributed by atoms with van der Waals surface area (Å²) < 4.78 is 0. The minimum Gasteiger partial charge on any atom is -0.313 e. The van der Waals surface area contributed by atoms with Gasteiger partial charge in [-0.3, -0.25) is 0 Å². The molecule has 1 nitrogen and oxygen atoms in total. The maximum Gasteiger partial charge on any atom is 0.0326 e. The highest BCUT2D eigenvalue weighted by Gasteiger charge is 2.29. The van der Waals surface area contributed by atoms with Crippen LogP contribution >= 0.6 is 0 Å². The van der Waals surface area contributed by atoms with Gasteiger partial charge in [-0.15, -0.1) is 0 Å². The summed E-state index contributed by atoms with van der Waals surface area (Å²) in [6.45, 7) is 4.63. The highest BCUT2D eigenvalue weighted by Crippen LogP contribution is 2.42. The van der Waals surface area contributed by atoms with Crippen LogP contribution in [-0.2, 0) is 0 Å². The fourth-order valence-electron chi connectivity index (χ4n) is 2.80. The standard InChI is InChI=1S/C14H21N/c1-10(2)8-11-9-14(15-3)13-7-5-4-6-12(11)13/h4-7,10-11,14-15H,8-9H2,1-3H3. The summed E-state index contributed by atoms with van der Waals surface area (Å²) >= 11 is 0. The second kappa shape index (κ2) is 4.36. The lowest BCUT2D eigenvalue weighted by molar-refractivity contribution is 0.456. The van der Waals surface area contributed by atoms with Crippen LogP contribution < -0.4 is 5.32 Å². The van der Waals surface area contributed by atoms with E-state index in [-0.39, 0.29) is 0 Å². The maximum atomic E-state index is 3.42. The topological polar surface area (TPSA) is 12.0 Å². The molecule has 1 aromatic carbocycles. The molecule has 1 aliphatic carbocycles. The van der Waals surface area contributed by atoms with Crippen molar-refractivity contribution in [3.05, 3.63) is 35.4 Å². The largest absolute Gasteiger partial charge is 0.313 e. The first kappa shape index (κ1) is 10.7. The molecule has 0 fully saturated rings. The first-order chi connectivity index (χ1) is 7.22. The molecule has 1 aromatic rings. The van der Waals surface area contributed by atoms with Crippen LogP contribution in [0, 0.1) is 5.92 Å². The van der Waals surface area contributed by atoms with E-state index in [0.29, 0.717) is 6.04 Å². The van der Waals surface area contributed by atoms with Crippen LogP contribution in [0.5, 0.6) is 0 Å². The average Bonchev–Trinajstić information content (AvgIpc) is 2.56. The highest BCUT2D eigenvalue weighted by molar-refractivity contribution is 5.37. The zero-order chi connectivity index (χ0) is 10.8. The van der Waals surface area contributed by atoms with E-state index >= 15 is 0 Å². The van der Waals surface area contributed by atoms with E-state index in [1.54, 1.807) is 5.56 Å². The fraction of sp³-hybridized carbons (Fsp3) is 0.571. The predicted octanol–water partition coefficient (Wildman–Crippen LogP) is 3.48. The van der Waals surface area contributed by atoms with Crippen LogP contribution in [0.2, 0.25) is 0 Å². The first-order valence-electron chi connectivity index (χ1n) is 5.98. The molecule has 0 heterocycles. The molecule has 2 rings (SSSR count). The van der Waals surface area contributed by atoms with E-state index in [1.807, 2.05) is 0 Å². The van der Waals surface area contributed by atoms with Crippen molar-refractivity contribution in [3.8, 4) is 0 Å². The van der Waals surface area contributed by atoms with Gasteiger partial charge in [0.15, 0.2) is 0 Å². The molecule has 0 spiro atoms. The minimum atomic E-state index is 0.574. The van der Waals surface area contributed by atoms with Crippen molar-refractivity contribution in [1.82, 2.24) is 5.32 Å². The molecule has 1 heteroatoms. The summed E-state index contributed by atoms with van der Waals surface area (Å²) in [4.78, 5) is 0. The van der Waals surface area contributed by atoms with Gasteiger partial charge in [-0.1, -0.05) is 38.1 Å². The minimum absolute atomic E-state index is 0.574. The SMILES string of the molecule is CNC1CC(CC(C)C)c2ccccc21. The molecule has 0 amide bonds. The second-order valence-electron chi connectivity index (χ2n) is 5.03.